The Kier molecular flexibility index (Phi) is 5.29. The first-order chi connectivity index (χ1) is 6.28. The normalized spacial score (nSPS) is 16.3. The summed E-state index contributed by atoms with van der Waals surface area (Å²) in [5.41, 5.74) is 5.66. The number of rotatable bonds is 6. The van der Waals surface area contributed by atoms with Crippen molar-refractivity contribution >= 4 is 15.6 Å². The molecule has 2 atom stereocenters. The summed E-state index contributed by atoms with van der Waals surface area (Å²) in [6, 6.07) is -0.526. The summed E-state index contributed by atoms with van der Waals surface area (Å²) in [6.45, 7) is 3.84. The monoisotopic (exact) mass is 221 g/mol. The molecule has 0 aromatic heterocycles. The van der Waals surface area contributed by atoms with Crippen LogP contribution in [0.25, 0.3) is 0 Å². The van der Waals surface area contributed by atoms with Crippen molar-refractivity contribution in [2.24, 2.45) is 11.7 Å². The smallest absolute Gasteiger partial charge is 0.150 e. The van der Waals surface area contributed by atoms with Gasteiger partial charge in [-0.15, -0.1) is 0 Å². The van der Waals surface area contributed by atoms with Gasteiger partial charge in [-0.25, -0.2) is 8.42 Å². The third-order valence-corrected chi connectivity index (χ3v) is 3.29. The van der Waals surface area contributed by atoms with E-state index in [9.17, 15) is 13.2 Å². The zero-order chi connectivity index (χ0) is 11.4. The first-order valence-electron chi connectivity index (χ1n) is 4.74. The number of sulfone groups is 1. The number of carbonyl (C=O) groups is 1. The zero-order valence-corrected chi connectivity index (χ0v) is 9.80. The van der Waals surface area contributed by atoms with E-state index in [1.165, 1.54) is 0 Å². The highest BCUT2D eigenvalue weighted by Crippen LogP contribution is 2.08. The van der Waals surface area contributed by atoms with Crippen molar-refractivity contribution in [2.75, 3.05) is 12.0 Å². The zero-order valence-electron chi connectivity index (χ0n) is 8.99. The maximum Gasteiger partial charge on any atom is 0.150 e. The maximum absolute atomic E-state index is 11.4. The Morgan fingerprint density at radius 3 is 2.29 bits per heavy atom. The van der Waals surface area contributed by atoms with Crippen molar-refractivity contribution in [1.29, 1.82) is 0 Å². The van der Waals surface area contributed by atoms with E-state index in [0.29, 0.717) is 0 Å². The molecular formula is C9H19NO3S. The number of hydrogen-bond acceptors (Lipinski definition) is 4. The van der Waals surface area contributed by atoms with Crippen LogP contribution < -0.4 is 5.73 Å². The van der Waals surface area contributed by atoms with Crippen LogP contribution >= 0.6 is 0 Å². The summed E-state index contributed by atoms with van der Waals surface area (Å²) in [7, 11) is -3.06. The van der Waals surface area contributed by atoms with Gasteiger partial charge in [-0.1, -0.05) is 20.3 Å². The van der Waals surface area contributed by atoms with Crippen LogP contribution in [0, 0.1) is 5.92 Å². The molecule has 2 N–H and O–H groups in total. The van der Waals surface area contributed by atoms with E-state index in [0.717, 1.165) is 12.7 Å². The molecule has 0 aliphatic carbocycles. The minimum atomic E-state index is -3.06. The predicted octanol–water partition coefficient (Wildman–Crippen LogP) is 0.364. The lowest BCUT2D eigenvalue weighted by Gasteiger charge is -2.16. The van der Waals surface area contributed by atoms with Crippen molar-refractivity contribution in [3.8, 4) is 0 Å². The molecule has 0 spiro atoms. The molecule has 0 aliphatic rings. The highest BCUT2D eigenvalue weighted by atomic mass is 32.2. The summed E-state index contributed by atoms with van der Waals surface area (Å²) >= 11 is 0. The van der Waals surface area contributed by atoms with Gasteiger partial charge in [0.25, 0.3) is 0 Å². The van der Waals surface area contributed by atoms with E-state index < -0.39 is 15.9 Å². The van der Waals surface area contributed by atoms with Crippen molar-refractivity contribution in [1.82, 2.24) is 0 Å². The quantitative estimate of drug-likeness (QED) is 0.702. The van der Waals surface area contributed by atoms with Crippen molar-refractivity contribution in [2.45, 2.75) is 32.7 Å². The summed E-state index contributed by atoms with van der Waals surface area (Å²) < 4.78 is 21.6. The first kappa shape index (κ1) is 13.6. The van der Waals surface area contributed by atoms with Crippen LogP contribution in [0.15, 0.2) is 0 Å². The topological polar surface area (TPSA) is 77.2 Å². The van der Waals surface area contributed by atoms with Gasteiger partial charge in [0.05, 0.1) is 11.8 Å². The lowest BCUT2D eigenvalue weighted by Crippen LogP contribution is -2.37. The average molecular weight is 221 g/mol. The molecule has 5 heteroatoms. The number of nitrogens with two attached hydrogens (primary N) is 1. The molecule has 0 saturated heterocycles. The molecule has 4 nitrogen and oxygen atoms in total. The van der Waals surface area contributed by atoms with Crippen LogP contribution in [0.4, 0.5) is 0 Å². The van der Waals surface area contributed by atoms with Crippen LogP contribution in [0.1, 0.15) is 26.7 Å². The standard InChI is InChI=1S/C9H19NO3S/c1-4-7(2)9(10)8(11)5-6-14(3,12)13/h7,9H,4-6,10H2,1-3H3. The fourth-order valence-corrected chi connectivity index (χ4v) is 1.60. The van der Waals surface area contributed by atoms with E-state index in [2.05, 4.69) is 0 Å². The fraction of sp³-hybridized carbons (Fsp3) is 0.889. The molecule has 0 heterocycles. The van der Waals surface area contributed by atoms with E-state index in [-0.39, 0.29) is 23.9 Å². The Hall–Kier alpha value is -0.420. The van der Waals surface area contributed by atoms with Gasteiger partial charge >= 0.3 is 0 Å². The summed E-state index contributed by atoms with van der Waals surface area (Å²) in [5, 5.41) is 0. The summed E-state index contributed by atoms with van der Waals surface area (Å²) in [5.74, 6) is -0.150. The van der Waals surface area contributed by atoms with Gasteiger partial charge in [0.15, 0.2) is 5.78 Å². The number of Topliss-reactive ketones (excluding diaryl/α,β-unsaturated/α-hetero) is 1. The van der Waals surface area contributed by atoms with Gasteiger partial charge < -0.3 is 5.73 Å². The summed E-state index contributed by atoms with van der Waals surface area (Å²) in [4.78, 5) is 11.4. The van der Waals surface area contributed by atoms with E-state index in [1.54, 1.807) is 0 Å². The van der Waals surface area contributed by atoms with Gasteiger partial charge in [0.1, 0.15) is 9.84 Å². The minimum Gasteiger partial charge on any atom is -0.321 e. The van der Waals surface area contributed by atoms with Crippen LogP contribution in [-0.4, -0.2) is 32.3 Å². The largest absolute Gasteiger partial charge is 0.321 e. The van der Waals surface area contributed by atoms with Gasteiger partial charge in [-0.2, -0.15) is 0 Å². The third-order valence-electron chi connectivity index (χ3n) is 2.35. The molecule has 0 bridgehead atoms. The van der Waals surface area contributed by atoms with E-state index in [4.69, 9.17) is 5.73 Å². The third kappa shape index (κ3) is 5.34. The first-order valence-corrected chi connectivity index (χ1v) is 6.80. The Labute approximate surface area is 85.8 Å². The van der Waals surface area contributed by atoms with Gasteiger partial charge in [0.2, 0.25) is 0 Å². The molecule has 84 valence electrons. The molecule has 0 fully saturated rings. The molecule has 2 unspecified atom stereocenters. The fourth-order valence-electron chi connectivity index (χ4n) is 1.02. The lowest BCUT2D eigenvalue weighted by atomic mass is 9.95. The summed E-state index contributed by atoms with van der Waals surface area (Å²) in [6.07, 6.45) is 1.98. The molecule has 0 saturated carbocycles. The molecule has 14 heavy (non-hydrogen) atoms. The Morgan fingerprint density at radius 1 is 1.43 bits per heavy atom. The Bertz CT molecular complexity index is 284. The van der Waals surface area contributed by atoms with Crippen LogP contribution in [0.2, 0.25) is 0 Å². The predicted molar refractivity (Wildman–Crippen MR) is 56.8 cm³/mol. The lowest BCUT2D eigenvalue weighted by molar-refractivity contribution is -0.120. The van der Waals surface area contributed by atoms with E-state index >= 15 is 0 Å². The molecule has 0 rings (SSSR count). The molecule has 0 radical (unpaired) electrons. The SMILES string of the molecule is CCC(C)C(N)C(=O)CCS(C)(=O)=O. The molecular weight excluding hydrogens is 202 g/mol. The Morgan fingerprint density at radius 2 is 1.93 bits per heavy atom. The number of ketones is 1. The number of carbonyl (C=O) groups excluding carboxylic acids is 1. The number of hydrogen-bond donors (Lipinski definition) is 1. The van der Waals surface area contributed by atoms with Crippen LogP contribution in [-0.2, 0) is 14.6 Å². The van der Waals surface area contributed by atoms with E-state index in [1.807, 2.05) is 13.8 Å². The van der Waals surface area contributed by atoms with Crippen molar-refractivity contribution in [3.05, 3.63) is 0 Å². The highest BCUT2D eigenvalue weighted by Gasteiger charge is 2.20. The van der Waals surface area contributed by atoms with Crippen LogP contribution in [0.3, 0.4) is 0 Å². The second-order valence-electron chi connectivity index (χ2n) is 3.76. The second-order valence-corrected chi connectivity index (χ2v) is 6.02. The van der Waals surface area contributed by atoms with Gasteiger partial charge in [0, 0.05) is 12.7 Å². The van der Waals surface area contributed by atoms with Gasteiger partial charge in [-0.05, 0) is 5.92 Å². The molecule has 0 aliphatic heterocycles. The second kappa shape index (κ2) is 5.46. The van der Waals surface area contributed by atoms with Crippen LogP contribution in [0.5, 0.6) is 0 Å². The highest BCUT2D eigenvalue weighted by molar-refractivity contribution is 7.90. The average Bonchev–Trinajstić information content (AvgIpc) is 2.10. The molecule has 0 aromatic rings. The van der Waals surface area contributed by atoms with Crippen molar-refractivity contribution in [3.63, 3.8) is 0 Å². The Balaban J connectivity index is 4.10. The maximum atomic E-state index is 11.4. The molecule has 0 aromatic carbocycles. The van der Waals surface area contributed by atoms with Crippen molar-refractivity contribution < 1.29 is 13.2 Å². The molecule has 0 amide bonds. The minimum absolute atomic E-state index is 0.0321. The van der Waals surface area contributed by atoms with Gasteiger partial charge in [-0.3, -0.25) is 4.79 Å².